The number of carboxylic acids is 1. The number of nitrogens with zero attached hydrogens (tertiary/aromatic N) is 4. The predicted octanol–water partition coefficient (Wildman–Crippen LogP) is 0.326. The average Bonchev–Trinajstić information content (AvgIpc) is 3.28. The van der Waals surface area contributed by atoms with Crippen molar-refractivity contribution in [3.8, 4) is 5.88 Å². The minimum absolute atomic E-state index is 0.0518. The smallest absolute Gasteiger partial charge is 0.475 e. The van der Waals surface area contributed by atoms with Gasteiger partial charge < -0.3 is 25.4 Å². The third-order valence-electron chi connectivity index (χ3n) is 5.05. The molecule has 2 aromatic heterocycles. The van der Waals surface area contributed by atoms with E-state index in [4.69, 9.17) is 33.9 Å². The Hall–Kier alpha value is -2.35. The molecule has 0 radical (unpaired) electrons. The van der Waals surface area contributed by atoms with E-state index in [9.17, 15) is 14.5 Å². The van der Waals surface area contributed by atoms with Crippen LogP contribution in [0.2, 0.25) is 0 Å². The van der Waals surface area contributed by atoms with Gasteiger partial charge >= 0.3 is 13.8 Å². The van der Waals surface area contributed by atoms with Gasteiger partial charge in [0.25, 0.3) is 0 Å². The van der Waals surface area contributed by atoms with E-state index in [0.717, 1.165) is 0 Å². The molecule has 15 heteroatoms. The maximum Gasteiger partial charge on any atom is 0.475 e. The lowest BCUT2D eigenvalue weighted by molar-refractivity contribution is -0.141. The van der Waals surface area contributed by atoms with Gasteiger partial charge in [-0.1, -0.05) is 6.92 Å². The van der Waals surface area contributed by atoms with Gasteiger partial charge in [0.1, 0.15) is 18.3 Å². The van der Waals surface area contributed by atoms with Crippen LogP contribution >= 0.6 is 7.82 Å². The van der Waals surface area contributed by atoms with Gasteiger partial charge in [0.05, 0.1) is 32.6 Å². The van der Waals surface area contributed by atoms with Crippen molar-refractivity contribution < 1.29 is 42.6 Å². The molecule has 0 saturated carbocycles. The number of hydrogen-bond acceptors (Lipinski definition) is 12. The molecule has 4 N–H and O–H groups in total. The van der Waals surface area contributed by atoms with Crippen LogP contribution in [-0.4, -0.2) is 74.3 Å². The molecule has 2 aliphatic rings. The normalized spacial score (nSPS) is 31.5. The molecule has 0 aliphatic carbocycles. The second-order valence-corrected chi connectivity index (χ2v) is 8.77. The lowest BCUT2D eigenvalue weighted by Gasteiger charge is -2.30. The van der Waals surface area contributed by atoms with Crippen LogP contribution in [0.3, 0.4) is 0 Å². The second-order valence-electron chi connectivity index (χ2n) is 7.15. The molecule has 14 nitrogen and oxygen atoms in total. The van der Waals surface area contributed by atoms with Crippen LogP contribution in [0, 0.1) is 5.92 Å². The van der Waals surface area contributed by atoms with Gasteiger partial charge in [0.15, 0.2) is 17.4 Å². The van der Waals surface area contributed by atoms with Crippen LogP contribution in [-0.2, 0) is 27.7 Å². The first-order valence-corrected chi connectivity index (χ1v) is 10.9. The Balaban J connectivity index is 1.50. The quantitative estimate of drug-likeness (QED) is 0.480. The molecular weight excluding hydrogens is 437 g/mol. The van der Waals surface area contributed by atoms with E-state index >= 15 is 0 Å². The zero-order chi connectivity index (χ0) is 22.3. The summed E-state index contributed by atoms with van der Waals surface area (Å²) >= 11 is 0. The Morgan fingerprint density at radius 3 is 2.97 bits per heavy atom. The molecule has 6 atom stereocenters. The number of aliphatic carboxylic acids is 1. The number of nitrogens with two attached hydrogens (primary N) is 1. The molecule has 0 spiro atoms. The van der Waals surface area contributed by atoms with Crippen molar-refractivity contribution in [2.45, 2.75) is 37.9 Å². The molecule has 0 amide bonds. The van der Waals surface area contributed by atoms with Crippen LogP contribution in [0.15, 0.2) is 6.33 Å². The molecule has 0 bridgehead atoms. The summed E-state index contributed by atoms with van der Waals surface area (Å²) in [4.78, 5) is 23.2. The molecule has 2 fully saturated rings. The molecule has 2 aliphatic heterocycles. The lowest BCUT2D eigenvalue weighted by atomic mass is 10.1. The fraction of sp³-hybridized carbons (Fsp3) is 0.625. The molecule has 4 rings (SSSR count). The monoisotopic (exact) mass is 459 g/mol. The minimum atomic E-state index is -4.00. The fourth-order valence-corrected chi connectivity index (χ4v) is 4.74. The van der Waals surface area contributed by atoms with Gasteiger partial charge in [-0.05, 0) is 6.42 Å². The molecule has 4 heterocycles. The van der Waals surface area contributed by atoms with Crippen LogP contribution < -0.4 is 10.5 Å². The Morgan fingerprint density at radius 2 is 2.26 bits per heavy atom. The second kappa shape index (κ2) is 8.30. The Labute approximate surface area is 175 Å². The summed E-state index contributed by atoms with van der Waals surface area (Å²) in [5, 5.41) is 19.7. The average molecular weight is 459 g/mol. The number of methoxy groups -OCH3 is 1. The number of nitrogen functional groups attached to an aromatic ring is 1. The van der Waals surface area contributed by atoms with Gasteiger partial charge in [0, 0.05) is 0 Å². The molecule has 170 valence electrons. The highest BCUT2D eigenvalue weighted by molar-refractivity contribution is 7.48. The first kappa shape index (κ1) is 21.9. The molecule has 2 saturated heterocycles. The number of aromatic nitrogens is 4. The number of fused-ring (bicyclic) bond motifs is 2. The van der Waals surface area contributed by atoms with Crippen molar-refractivity contribution in [1.82, 2.24) is 19.5 Å². The summed E-state index contributed by atoms with van der Waals surface area (Å²) in [6, 6.07) is 0. The molecule has 0 aromatic carbocycles. The number of aliphatic hydroxyl groups excluding tert-OH is 1. The Morgan fingerprint density at radius 1 is 1.48 bits per heavy atom. The van der Waals surface area contributed by atoms with E-state index < -0.39 is 44.2 Å². The van der Waals surface area contributed by atoms with Crippen LogP contribution in [0.25, 0.3) is 11.2 Å². The largest absolute Gasteiger partial charge is 0.481 e. The van der Waals surface area contributed by atoms with Gasteiger partial charge in [0.2, 0.25) is 11.8 Å². The highest BCUT2D eigenvalue weighted by Crippen LogP contribution is 2.56. The number of carbonyl (C=O) groups is 1. The predicted molar refractivity (Wildman–Crippen MR) is 102 cm³/mol. The maximum atomic E-state index is 12.8. The number of imidazole rings is 1. The van der Waals surface area contributed by atoms with Gasteiger partial charge in [-0.3, -0.25) is 22.9 Å². The minimum Gasteiger partial charge on any atom is -0.481 e. The summed E-state index contributed by atoms with van der Waals surface area (Å²) in [5.41, 5.74) is 6.31. The number of ether oxygens (including phenoxy) is 2. The van der Waals surface area contributed by atoms with Crippen LogP contribution in [0.4, 0.5) is 5.95 Å². The fourth-order valence-electron chi connectivity index (χ4n) is 3.33. The van der Waals surface area contributed by atoms with Crippen molar-refractivity contribution in [3.63, 3.8) is 0 Å². The number of anilines is 1. The molecular formula is C16H22N5O9P. The first-order valence-electron chi connectivity index (χ1n) is 9.40. The summed E-state index contributed by atoms with van der Waals surface area (Å²) < 4.78 is 41.0. The zero-order valence-corrected chi connectivity index (χ0v) is 17.5. The molecule has 1 unspecified atom stereocenters. The van der Waals surface area contributed by atoms with Crippen molar-refractivity contribution in [2.24, 2.45) is 5.92 Å². The van der Waals surface area contributed by atoms with E-state index in [1.165, 1.54) is 24.9 Å². The standard InChI is InChI=1S/C16H22N5O9P/c1-7(15(23)24)3-4-27-31(25)28-5-8-11(30-31)10(22)14(29-8)21-6-18-9-12(21)19-16(17)20-13(9)26-2/h6-8,10-11,14,22H,3-5H2,1-2H3,(H,23,24)(H2,17,19,20)/t7?,8-,10+,11-,14-,31-/m1/s1. The van der Waals surface area contributed by atoms with Crippen molar-refractivity contribution in [2.75, 3.05) is 26.1 Å². The van der Waals surface area contributed by atoms with E-state index in [1.54, 1.807) is 0 Å². The van der Waals surface area contributed by atoms with Gasteiger partial charge in [-0.15, -0.1) is 0 Å². The number of carboxylic acid groups (broad SMARTS) is 1. The van der Waals surface area contributed by atoms with E-state index in [2.05, 4.69) is 15.0 Å². The summed E-state index contributed by atoms with van der Waals surface area (Å²) in [6.07, 6.45) is -2.49. The first-order chi connectivity index (χ1) is 14.7. The third-order valence-corrected chi connectivity index (χ3v) is 6.52. The van der Waals surface area contributed by atoms with Crippen molar-refractivity contribution in [1.29, 1.82) is 0 Å². The Kier molecular flexibility index (Phi) is 5.85. The van der Waals surface area contributed by atoms with E-state index in [0.29, 0.717) is 5.52 Å². The highest BCUT2D eigenvalue weighted by Gasteiger charge is 2.53. The molecule has 2 aromatic rings. The van der Waals surface area contributed by atoms with Crippen molar-refractivity contribution >= 4 is 30.9 Å². The van der Waals surface area contributed by atoms with Gasteiger partial charge in [-0.25, -0.2) is 9.55 Å². The third kappa shape index (κ3) is 4.10. The number of hydrogen-bond donors (Lipinski definition) is 3. The molecule has 31 heavy (non-hydrogen) atoms. The van der Waals surface area contributed by atoms with Crippen LogP contribution in [0.1, 0.15) is 19.6 Å². The SMILES string of the molecule is COc1nc(N)nc2c1ncn2[C@@H]1O[C@@H]2CO[P@@](=O)(OCCC(C)C(=O)O)O[C@H]2[C@@H]1O. The number of aliphatic hydroxyl groups is 1. The number of rotatable bonds is 7. The van der Waals surface area contributed by atoms with Crippen molar-refractivity contribution in [3.05, 3.63) is 6.33 Å². The maximum absolute atomic E-state index is 12.8. The summed E-state index contributed by atoms with van der Waals surface area (Å²) in [6.45, 7) is 1.20. The topological polar surface area (TPSA) is 190 Å². The highest BCUT2D eigenvalue weighted by atomic mass is 31.2. The van der Waals surface area contributed by atoms with E-state index in [-0.39, 0.29) is 37.1 Å². The lowest BCUT2D eigenvalue weighted by Crippen LogP contribution is -2.39. The Bertz CT molecular complexity index is 1030. The number of phosphoric acid groups is 1. The summed E-state index contributed by atoms with van der Waals surface area (Å²) in [7, 11) is -2.59. The summed E-state index contributed by atoms with van der Waals surface area (Å²) in [5.74, 6) is -1.57. The number of phosphoric ester groups is 1. The zero-order valence-electron chi connectivity index (χ0n) is 16.7. The van der Waals surface area contributed by atoms with Crippen LogP contribution in [0.5, 0.6) is 5.88 Å². The van der Waals surface area contributed by atoms with Gasteiger partial charge in [-0.2, -0.15) is 9.97 Å². The van der Waals surface area contributed by atoms with E-state index in [1.807, 2.05) is 0 Å².